The second-order valence-corrected chi connectivity index (χ2v) is 7.62. The van der Waals surface area contributed by atoms with Crippen LogP contribution in [-0.2, 0) is 11.2 Å². The number of carbonyl (C=O) groups excluding carboxylic acids is 1. The van der Waals surface area contributed by atoms with E-state index in [-0.39, 0.29) is 5.91 Å². The number of piperidine rings is 1. The second kappa shape index (κ2) is 6.44. The molecule has 1 aromatic heterocycles. The Morgan fingerprint density at radius 2 is 2.04 bits per heavy atom. The highest BCUT2D eigenvalue weighted by Crippen LogP contribution is 2.38. The van der Waals surface area contributed by atoms with Crippen molar-refractivity contribution in [1.82, 2.24) is 19.9 Å². The molecule has 3 heterocycles. The zero-order chi connectivity index (χ0) is 16.6. The average Bonchev–Trinajstić information content (AvgIpc) is 3.06. The van der Waals surface area contributed by atoms with E-state index in [2.05, 4.69) is 15.0 Å². The van der Waals surface area contributed by atoms with Crippen LogP contribution in [0, 0.1) is 0 Å². The minimum atomic E-state index is -0.878. The molecular weight excluding hydrogens is 308 g/mol. The Labute approximate surface area is 142 Å². The Morgan fingerprint density at radius 1 is 1.25 bits per heavy atom. The first-order valence-corrected chi connectivity index (χ1v) is 9.16. The number of β-amino-alcohol motifs (C(OH)–C–C–N with tert-alkyl or cyclic N) is 1. The van der Waals surface area contributed by atoms with Gasteiger partial charge in [-0.3, -0.25) is 9.69 Å². The van der Waals surface area contributed by atoms with Gasteiger partial charge < -0.3 is 14.5 Å². The summed E-state index contributed by atoms with van der Waals surface area (Å²) in [4.78, 5) is 20.8. The third-order valence-corrected chi connectivity index (χ3v) is 5.36. The molecule has 132 valence electrons. The average molecular weight is 334 g/mol. The van der Waals surface area contributed by atoms with Crippen LogP contribution in [0.4, 0.5) is 0 Å². The molecule has 7 heteroatoms. The van der Waals surface area contributed by atoms with Gasteiger partial charge in [-0.1, -0.05) is 5.16 Å². The van der Waals surface area contributed by atoms with Crippen LogP contribution >= 0.6 is 0 Å². The van der Waals surface area contributed by atoms with Gasteiger partial charge in [0.15, 0.2) is 5.82 Å². The fourth-order valence-corrected chi connectivity index (χ4v) is 3.87. The van der Waals surface area contributed by atoms with E-state index in [1.807, 2.05) is 4.90 Å². The molecule has 1 aliphatic carbocycles. The van der Waals surface area contributed by atoms with Gasteiger partial charge in [0.1, 0.15) is 0 Å². The first-order valence-electron chi connectivity index (χ1n) is 9.16. The normalized spacial score (nSPS) is 28.5. The van der Waals surface area contributed by atoms with E-state index in [1.165, 1.54) is 0 Å². The summed E-state index contributed by atoms with van der Waals surface area (Å²) in [5.41, 5.74) is -0.878. The van der Waals surface area contributed by atoms with Crippen LogP contribution in [0.15, 0.2) is 4.52 Å². The molecule has 0 bridgehead atoms. The Morgan fingerprint density at radius 3 is 2.79 bits per heavy atom. The molecule has 1 aromatic rings. The number of hydrogen-bond acceptors (Lipinski definition) is 6. The fourth-order valence-electron chi connectivity index (χ4n) is 3.87. The molecule has 2 aliphatic heterocycles. The summed E-state index contributed by atoms with van der Waals surface area (Å²) >= 11 is 0. The predicted molar refractivity (Wildman–Crippen MR) is 86.4 cm³/mol. The van der Waals surface area contributed by atoms with Crippen molar-refractivity contribution >= 4 is 5.91 Å². The molecule has 4 rings (SSSR count). The van der Waals surface area contributed by atoms with Crippen LogP contribution in [0.3, 0.4) is 0 Å². The quantitative estimate of drug-likeness (QED) is 0.863. The topological polar surface area (TPSA) is 82.7 Å². The number of aromatic nitrogens is 2. The predicted octanol–water partition coefficient (Wildman–Crippen LogP) is 0.939. The van der Waals surface area contributed by atoms with Crippen LogP contribution in [-0.4, -0.2) is 69.3 Å². The SMILES string of the molecule is O=C(CN1CCCC(O)(Cc2nc(C3CC3)no2)C1)N1CCCC1. The number of aliphatic hydroxyl groups is 1. The van der Waals surface area contributed by atoms with Crippen LogP contribution < -0.4 is 0 Å². The second-order valence-electron chi connectivity index (χ2n) is 7.62. The van der Waals surface area contributed by atoms with E-state index in [4.69, 9.17) is 4.52 Å². The number of amides is 1. The van der Waals surface area contributed by atoms with Gasteiger partial charge in [0.05, 0.1) is 18.6 Å². The van der Waals surface area contributed by atoms with Gasteiger partial charge in [-0.25, -0.2) is 0 Å². The van der Waals surface area contributed by atoms with Crippen LogP contribution in [0.2, 0.25) is 0 Å². The van der Waals surface area contributed by atoms with Gasteiger partial charge in [-0.2, -0.15) is 4.98 Å². The lowest BCUT2D eigenvalue weighted by atomic mass is 9.89. The Balaban J connectivity index is 1.34. The first-order chi connectivity index (χ1) is 11.6. The van der Waals surface area contributed by atoms with Crippen molar-refractivity contribution in [3.05, 3.63) is 11.7 Å². The van der Waals surface area contributed by atoms with E-state index in [0.29, 0.717) is 37.7 Å². The Hall–Kier alpha value is -1.47. The monoisotopic (exact) mass is 334 g/mol. The number of likely N-dealkylation sites (tertiary alicyclic amines) is 2. The lowest BCUT2D eigenvalue weighted by Crippen LogP contribution is -2.52. The number of nitrogens with zero attached hydrogens (tertiary/aromatic N) is 4. The molecule has 3 aliphatic rings. The van der Waals surface area contributed by atoms with E-state index in [0.717, 1.165) is 57.6 Å². The van der Waals surface area contributed by atoms with Crippen LogP contribution in [0.5, 0.6) is 0 Å². The summed E-state index contributed by atoms with van der Waals surface area (Å²) < 4.78 is 5.32. The van der Waals surface area contributed by atoms with Crippen molar-refractivity contribution in [3.63, 3.8) is 0 Å². The van der Waals surface area contributed by atoms with Gasteiger partial charge in [0, 0.05) is 25.6 Å². The third-order valence-electron chi connectivity index (χ3n) is 5.36. The minimum absolute atomic E-state index is 0.186. The van der Waals surface area contributed by atoms with E-state index in [1.54, 1.807) is 0 Å². The molecule has 0 aromatic carbocycles. The zero-order valence-corrected chi connectivity index (χ0v) is 14.1. The van der Waals surface area contributed by atoms with Crippen LogP contribution in [0.1, 0.15) is 56.2 Å². The molecule has 2 saturated heterocycles. The Bertz CT molecular complexity index is 594. The van der Waals surface area contributed by atoms with Gasteiger partial charge in [0.2, 0.25) is 11.8 Å². The van der Waals surface area contributed by atoms with E-state index < -0.39 is 5.60 Å². The van der Waals surface area contributed by atoms with E-state index >= 15 is 0 Å². The Kier molecular flexibility index (Phi) is 4.30. The summed E-state index contributed by atoms with van der Waals surface area (Å²) in [5, 5.41) is 15.0. The molecule has 24 heavy (non-hydrogen) atoms. The highest BCUT2D eigenvalue weighted by molar-refractivity contribution is 5.78. The number of rotatable bonds is 5. The molecule has 1 amide bonds. The fraction of sp³-hybridized carbons (Fsp3) is 0.824. The van der Waals surface area contributed by atoms with Crippen molar-refractivity contribution in [2.24, 2.45) is 0 Å². The molecule has 1 saturated carbocycles. The zero-order valence-electron chi connectivity index (χ0n) is 14.1. The molecule has 1 N–H and O–H groups in total. The maximum atomic E-state index is 12.3. The third kappa shape index (κ3) is 3.62. The van der Waals surface area contributed by atoms with Crippen molar-refractivity contribution in [3.8, 4) is 0 Å². The molecule has 0 radical (unpaired) electrons. The first kappa shape index (κ1) is 16.0. The summed E-state index contributed by atoms with van der Waals surface area (Å²) in [7, 11) is 0. The largest absolute Gasteiger partial charge is 0.388 e. The lowest BCUT2D eigenvalue weighted by Gasteiger charge is -2.38. The van der Waals surface area contributed by atoms with Crippen molar-refractivity contribution in [1.29, 1.82) is 0 Å². The molecular formula is C17H26N4O3. The van der Waals surface area contributed by atoms with Gasteiger partial charge in [-0.05, 0) is 45.1 Å². The number of hydrogen-bond donors (Lipinski definition) is 1. The molecule has 1 atom stereocenters. The highest BCUT2D eigenvalue weighted by Gasteiger charge is 2.37. The van der Waals surface area contributed by atoms with E-state index in [9.17, 15) is 9.90 Å². The van der Waals surface area contributed by atoms with Crippen molar-refractivity contribution in [2.75, 3.05) is 32.7 Å². The summed E-state index contributed by atoms with van der Waals surface area (Å²) in [6.07, 6.45) is 6.45. The number of carbonyl (C=O) groups is 1. The van der Waals surface area contributed by atoms with Gasteiger partial charge in [0.25, 0.3) is 0 Å². The van der Waals surface area contributed by atoms with Gasteiger partial charge >= 0.3 is 0 Å². The van der Waals surface area contributed by atoms with Crippen molar-refractivity contribution < 1.29 is 14.4 Å². The summed E-state index contributed by atoms with van der Waals surface area (Å²) in [6, 6.07) is 0. The smallest absolute Gasteiger partial charge is 0.236 e. The standard InChI is InChI=1S/C17H26N4O3/c22-15(21-8-1-2-9-21)11-20-7-3-6-17(23,12-20)10-14-18-16(19-24-14)13-4-5-13/h13,23H,1-12H2. The molecule has 3 fully saturated rings. The molecule has 1 unspecified atom stereocenters. The van der Waals surface area contributed by atoms with Crippen molar-refractivity contribution in [2.45, 2.75) is 56.5 Å². The van der Waals surface area contributed by atoms with Crippen LogP contribution in [0.25, 0.3) is 0 Å². The molecule has 7 nitrogen and oxygen atoms in total. The van der Waals surface area contributed by atoms with Gasteiger partial charge in [-0.15, -0.1) is 0 Å². The maximum Gasteiger partial charge on any atom is 0.236 e. The summed E-state index contributed by atoms with van der Waals surface area (Å²) in [6.45, 7) is 3.51. The summed E-state index contributed by atoms with van der Waals surface area (Å²) in [5.74, 6) is 1.95. The highest BCUT2D eigenvalue weighted by atomic mass is 16.5. The minimum Gasteiger partial charge on any atom is -0.388 e. The maximum absolute atomic E-state index is 12.3. The lowest BCUT2D eigenvalue weighted by molar-refractivity contribution is -0.133. The molecule has 0 spiro atoms.